The summed E-state index contributed by atoms with van der Waals surface area (Å²) in [6.45, 7) is 0.652. The number of carbonyl (C=O) groups excluding carboxylic acids is 4. The Morgan fingerprint density at radius 1 is 1.13 bits per heavy atom. The molecule has 0 saturated carbocycles. The molecule has 3 N–H and O–H groups in total. The molecule has 0 radical (unpaired) electrons. The van der Waals surface area contributed by atoms with Crippen molar-refractivity contribution < 1.29 is 23.9 Å². The zero-order valence-corrected chi connectivity index (χ0v) is 16.6. The zero-order chi connectivity index (χ0) is 21.7. The van der Waals surface area contributed by atoms with Crippen LogP contribution in [0.1, 0.15) is 23.0 Å². The summed E-state index contributed by atoms with van der Waals surface area (Å²) < 4.78 is 6.60. The Balaban J connectivity index is 1.61. The number of carbonyl (C=O) groups is 4. The number of hydrogen-bond acceptors (Lipinski definition) is 5. The third-order valence-corrected chi connectivity index (χ3v) is 4.54. The molecule has 2 aromatic heterocycles. The summed E-state index contributed by atoms with van der Waals surface area (Å²) in [5, 5.41) is 5.63. The number of imide groups is 1. The average Bonchev–Trinajstić information content (AvgIpc) is 3.31. The number of aryl methyl sites for hydroxylation is 1. The number of aromatic amines is 1. The summed E-state index contributed by atoms with van der Waals surface area (Å²) >= 11 is 0. The standard InChI is InChI=1S/C21H22N4O5/c1-13(26)23-17(10-14-11-22-16-7-4-3-6-15(14)16)21(29)30-12-19(27)24-20(28)18-8-5-9-25(18)2/h3-9,11,17,22H,10,12H2,1-2H3,(H,23,26)(H,24,27,28). The number of amides is 3. The third kappa shape index (κ3) is 4.93. The van der Waals surface area contributed by atoms with E-state index >= 15 is 0 Å². The molecule has 0 aliphatic heterocycles. The first-order valence-corrected chi connectivity index (χ1v) is 9.29. The zero-order valence-electron chi connectivity index (χ0n) is 16.6. The van der Waals surface area contributed by atoms with Crippen LogP contribution >= 0.6 is 0 Å². The Morgan fingerprint density at radius 3 is 2.60 bits per heavy atom. The van der Waals surface area contributed by atoms with Gasteiger partial charge in [0.1, 0.15) is 11.7 Å². The van der Waals surface area contributed by atoms with Gasteiger partial charge in [0.05, 0.1) is 0 Å². The number of nitrogens with zero attached hydrogens (tertiary/aromatic N) is 1. The predicted octanol–water partition coefficient (Wildman–Crippen LogP) is 1.05. The van der Waals surface area contributed by atoms with E-state index in [0.29, 0.717) is 5.69 Å². The van der Waals surface area contributed by atoms with E-state index < -0.39 is 36.3 Å². The van der Waals surface area contributed by atoms with Gasteiger partial charge >= 0.3 is 5.97 Å². The lowest BCUT2D eigenvalue weighted by molar-refractivity contribution is -0.151. The van der Waals surface area contributed by atoms with Crippen LogP contribution in [0.2, 0.25) is 0 Å². The Hall–Kier alpha value is -3.88. The van der Waals surface area contributed by atoms with Crippen LogP contribution in [0.15, 0.2) is 48.8 Å². The fraction of sp³-hybridized carbons (Fsp3) is 0.238. The number of fused-ring (bicyclic) bond motifs is 1. The lowest BCUT2D eigenvalue weighted by atomic mass is 10.0. The number of rotatable bonds is 7. The highest BCUT2D eigenvalue weighted by molar-refractivity contribution is 6.04. The van der Waals surface area contributed by atoms with Crippen LogP contribution in [-0.4, -0.2) is 45.9 Å². The normalized spacial score (nSPS) is 11.7. The highest BCUT2D eigenvalue weighted by atomic mass is 16.5. The average molecular weight is 410 g/mol. The second-order valence-corrected chi connectivity index (χ2v) is 6.81. The van der Waals surface area contributed by atoms with Crippen LogP contribution in [0.3, 0.4) is 0 Å². The van der Waals surface area contributed by atoms with E-state index in [2.05, 4.69) is 15.6 Å². The molecule has 9 nitrogen and oxygen atoms in total. The Bertz CT molecular complexity index is 1100. The topological polar surface area (TPSA) is 122 Å². The number of benzene rings is 1. The van der Waals surface area contributed by atoms with Gasteiger partial charge in [-0.3, -0.25) is 19.7 Å². The number of hydrogen-bond donors (Lipinski definition) is 3. The maximum atomic E-state index is 12.5. The molecule has 3 aromatic rings. The minimum Gasteiger partial charge on any atom is -0.454 e. The van der Waals surface area contributed by atoms with Crippen LogP contribution in [0.5, 0.6) is 0 Å². The fourth-order valence-corrected chi connectivity index (χ4v) is 3.12. The van der Waals surface area contributed by atoms with E-state index in [1.807, 2.05) is 24.3 Å². The number of aromatic nitrogens is 2. The third-order valence-electron chi connectivity index (χ3n) is 4.54. The van der Waals surface area contributed by atoms with Crippen LogP contribution in [-0.2, 0) is 32.6 Å². The summed E-state index contributed by atoms with van der Waals surface area (Å²) in [6, 6.07) is 9.82. The van der Waals surface area contributed by atoms with Crippen molar-refractivity contribution in [3.05, 3.63) is 60.0 Å². The van der Waals surface area contributed by atoms with Crippen LogP contribution in [0.4, 0.5) is 0 Å². The minimum atomic E-state index is -0.974. The van der Waals surface area contributed by atoms with Gasteiger partial charge in [-0.1, -0.05) is 18.2 Å². The van der Waals surface area contributed by atoms with Crippen molar-refractivity contribution in [3.8, 4) is 0 Å². The van der Waals surface area contributed by atoms with Crippen molar-refractivity contribution >= 4 is 34.6 Å². The molecule has 0 aliphatic carbocycles. The Kier molecular flexibility index (Phi) is 6.31. The molecule has 0 fully saturated rings. The van der Waals surface area contributed by atoms with Gasteiger partial charge in [0, 0.05) is 43.7 Å². The highest BCUT2D eigenvalue weighted by Crippen LogP contribution is 2.19. The van der Waals surface area contributed by atoms with Gasteiger partial charge in [-0.25, -0.2) is 4.79 Å². The first-order valence-electron chi connectivity index (χ1n) is 9.29. The van der Waals surface area contributed by atoms with Gasteiger partial charge < -0.3 is 19.6 Å². The highest BCUT2D eigenvalue weighted by Gasteiger charge is 2.24. The molecule has 0 aliphatic rings. The van der Waals surface area contributed by atoms with E-state index in [0.717, 1.165) is 16.5 Å². The van der Waals surface area contributed by atoms with E-state index in [9.17, 15) is 19.2 Å². The summed E-state index contributed by atoms with van der Waals surface area (Å²) in [4.78, 5) is 51.2. The Morgan fingerprint density at radius 2 is 1.90 bits per heavy atom. The second-order valence-electron chi connectivity index (χ2n) is 6.81. The van der Waals surface area contributed by atoms with E-state index in [-0.39, 0.29) is 6.42 Å². The minimum absolute atomic E-state index is 0.187. The van der Waals surface area contributed by atoms with Gasteiger partial charge in [-0.05, 0) is 23.8 Å². The number of nitrogens with one attached hydrogen (secondary N) is 3. The summed E-state index contributed by atoms with van der Waals surface area (Å²) in [5.41, 5.74) is 2.02. The molecular weight excluding hydrogens is 388 g/mol. The van der Waals surface area contributed by atoms with Gasteiger partial charge in [0.15, 0.2) is 6.61 Å². The van der Waals surface area contributed by atoms with Gasteiger partial charge in [0.25, 0.3) is 11.8 Å². The van der Waals surface area contributed by atoms with Crippen molar-refractivity contribution in [1.82, 2.24) is 20.2 Å². The predicted molar refractivity (Wildman–Crippen MR) is 108 cm³/mol. The van der Waals surface area contributed by atoms with Gasteiger partial charge in [-0.2, -0.15) is 0 Å². The van der Waals surface area contributed by atoms with Crippen LogP contribution < -0.4 is 10.6 Å². The maximum absolute atomic E-state index is 12.5. The number of H-pyrrole nitrogens is 1. The largest absolute Gasteiger partial charge is 0.454 e. The molecule has 30 heavy (non-hydrogen) atoms. The van der Waals surface area contributed by atoms with Gasteiger partial charge in [0.2, 0.25) is 5.91 Å². The summed E-state index contributed by atoms with van der Waals surface area (Å²) in [5.74, 6) is -2.53. The van der Waals surface area contributed by atoms with Crippen molar-refractivity contribution in [3.63, 3.8) is 0 Å². The molecule has 9 heteroatoms. The molecule has 0 saturated heterocycles. The Labute approximate surface area is 172 Å². The SMILES string of the molecule is CC(=O)NC(Cc1c[nH]c2ccccc12)C(=O)OCC(=O)NC(=O)c1cccn1C. The van der Waals surface area contributed by atoms with E-state index in [1.54, 1.807) is 36.1 Å². The second kappa shape index (κ2) is 9.08. The number of esters is 1. The first-order chi connectivity index (χ1) is 14.3. The molecule has 3 amide bonds. The van der Waals surface area contributed by atoms with Crippen LogP contribution in [0.25, 0.3) is 10.9 Å². The molecule has 2 heterocycles. The fourth-order valence-electron chi connectivity index (χ4n) is 3.12. The molecule has 156 valence electrons. The molecule has 1 atom stereocenters. The quantitative estimate of drug-likeness (QED) is 0.503. The van der Waals surface area contributed by atoms with Crippen molar-refractivity contribution in [1.29, 1.82) is 0 Å². The van der Waals surface area contributed by atoms with Crippen LogP contribution in [0, 0.1) is 0 Å². The first kappa shape index (κ1) is 20.8. The van der Waals surface area contributed by atoms with E-state index in [1.165, 1.54) is 6.92 Å². The molecule has 3 rings (SSSR count). The molecule has 0 spiro atoms. The molecule has 0 bridgehead atoms. The van der Waals surface area contributed by atoms with Crippen molar-refractivity contribution in [2.75, 3.05) is 6.61 Å². The van der Waals surface area contributed by atoms with E-state index in [4.69, 9.17) is 4.74 Å². The number of para-hydroxylation sites is 1. The smallest absolute Gasteiger partial charge is 0.329 e. The monoisotopic (exact) mass is 410 g/mol. The molecule has 1 aromatic carbocycles. The van der Waals surface area contributed by atoms with Gasteiger partial charge in [-0.15, -0.1) is 0 Å². The maximum Gasteiger partial charge on any atom is 0.329 e. The summed E-state index contributed by atoms with van der Waals surface area (Å²) in [7, 11) is 1.67. The molecular formula is C21H22N4O5. The molecule has 1 unspecified atom stereocenters. The lowest BCUT2D eigenvalue weighted by Gasteiger charge is -2.16. The van der Waals surface area contributed by atoms with Crippen molar-refractivity contribution in [2.24, 2.45) is 7.05 Å². The number of ether oxygens (including phenoxy) is 1. The lowest BCUT2D eigenvalue weighted by Crippen LogP contribution is -2.44. The summed E-state index contributed by atoms with van der Waals surface area (Å²) in [6.07, 6.45) is 3.62. The van der Waals surface area contributed by atoms with Crippen molar-refractivity contribution in [2.45, 2.75) is 19.4 Å².